The van der Waals surface area contributed by atoms with Crippen LogP contribution in [0.2, 0.25) is 0 Å². The van der Waals surface area contributed by atoms with Gasteiger partial charge in [0.15, 0.2) is 0 Å². The predicted molar refractivity (Wildman–Crippen MR) is 64.3 cm³/mol. The van der Waals surface area contributed by atoms with Crippen molar-refractivity contribution in [1.82, 2.24) is 10.6 Å². The molecule has 1 rings (SSSR count). The Labute approximate surface area is 98.1 Å². The van der Waals surface area contributed by atoms with Crippen molar-refractivity contribution in [2.24, 2.45) is 5.92 Å². The summed E-state index contributed by atoms with van der Waals surface area (Å²) in [5, 5.41) is 6.22. The van der Waals surface area contributed by atoms with Crippen molar-refractivity contribution in [2.45, 2.75) is 39.2 Å². The van der Waals surface area contributed by atoms with E-state index in [4.69, 9.17) is 4.74 Å². The van der Waals surface area contributed by atoms with Crippen LogP contribution in [0.15, 0.2) is 0 Å². The summed E-state index contributed by atoms with van der Waals surface area (Å²) < 4.78 is 5.54. The summed E-state index contributed by atoms with van der Waals surface area (Å²) in [5.74, 6) is 0.283. The maximum atomic E-state index is 11.8. The molecule has 1 amide bonds. The van der Waals surface area contributed by atoms with Gasteiger partial charge in [0.1, 0.15) is 0 Å². The Kier molecular flexibility index (Phi) is 5.22. The molecule has 0 aliphatic carbocycles. The van der Waals surface area contributed by atoms with E-state index in [-0.39, 0.29) is 17.4 Å². The second-order valence-corrected chi connectivity index (χ2v) is 4.95. The summed E-state index contributed by atoms with van der Waals surface area (Å²) in [6.07, 6.45) is 2.08. The predicted octanol–water partition coefficient (Wildman–Crippen LogP) is 0.917. The Morgan fingerprint density at radius 1 is 1.56 bits per heavy atom. The number of nitrogens with one attached hydrogen (secondary N) is 2. The lowest BCUT2D eigenvalue weighted by Crippen LogP contribution is -2.46. The van der Waals surface area contributed by atoms with Crippen molar-refractivity contribution in [2.75, 3.05) is 26.2 Å². The largest absolute Gasteiger partial charge is 0.374 e. The quantitative estimate of drug-likeness (QED) is 0.735. The highest BCUT2D eigenvalue weighted by Gasteiger charge is 2.24. The van der Waals surface area contributed by atoms with Crippen LogP contribution in [0.3, 0.4) is 0 Å². The molecule has 2 N–H and O–H groups in total. The zero-order chi connectivity index (χ0) is 12.0. The summed E-state index contributed by atoms with van der Waals surface area (Å²) in [6.45, 7) is 9.06. The van der Waals surface area contributed by atoms with Crippen LogP contribution in [-0.2, 0) is 9.53 Å². The standard InChI is InChI=1S/C12H24N2O2/c1-4-16-12(2,3)9-14-11(15)10-6-5-7-13-8-10/h10,13H,4-9H2,1-3H3,(H,14,15)/t10-/m1/s1. The average molecular weight is 228 g/mol. The third-order valence-corrected chi connectivity index (χ3v) is 2.89. The van der Waals surface area contributed by atoms with E-state index in [2.05, 4.69) is 10.6 Å². The summed E-state index contributed by atoms with van der Waals surface area (Å²) in [6, 6.07) is 0. The lowest BCUT2D eigenvalue weighted by Gasteiger charge is -2.27. The number of hydrogen-bond donors (Lipinski definition) is 2. The lowest BCUT2D eigenvalue weighted by atomic mass is 9.98. The Hall–Kier alpha value is -0.610. The summed E-state index contributed by atoms with van der Waals surface area (Å²) in [4.78, 5) is 11.8. The molecular formula is C12H24N2O2. The van der Waals surface area contributed by atoms with Crippen molar-refractivity contribution < 1.29 is 9.53 Å². The van der Waals surface area contributed by atoms with Gasteiger partial charge in [-0.1, -0.05) is 0 Å². The van der Waals surface area contributed by atoms with Crippen molar-refractivity contribution in [3.63, 3.8) is 0 Å². The monoisotopic (exact) mass is 228 g/mol. The average Bonchev–Trinajstić information content (AvgIpc) is 2.27. The van der Waals surface area contributed by atoms with Gasteiger partial charge in [-0.2, -0.15) is 0 Å². The highest BCUT2D eigenvalue weighted by Crippen LogP contribution is 2.11. The van der Waals surface area contributed by atoms with Gasteiger partial charge in [-0.3, -0.25) is 4.79 Å². The number of amides is 1. The normalized spacial score (nSPS) is 21.8. The molecule has 4 nitrogen and oxygen atoms in total. The molecule has 0 bridgehead atoms. The molecule has 0 saturated carbocycles. The number of ether oxygens (including phenoxy) is 1. The molecule has 1 saturated heterocycles. The third-order valence-electron chi connectivity index (χ3n) is 2.89. The Balaban J connectivity index is 2.28. The van der Waals surface area contributed by atoms with E-state index in [1.54, 1.807) is 0 Å². The van der Waals surface area contributed by atoms with Crippen LogP contribution in [0.4, 0.5) is 0 Å². The van der Waals surface area contributed by atoms with Crippen LogP contribution < -0.4 is 10.6 Å². The van der Waals surface area contributed by atoms with E-state index in [0.717, 1.165) is 25.9 Å². The van der Waals surface area contributed by atoms with E-state index >= 15 is 0 Å². The van der Waals surface area contributed by atoms with Gasteiger partial charge in [0.25, 0.3) is 0 Å². The molecular weight excluding hydrogens is 204 g/mol. The van der Waals surface area contributed by atoms with Crippen molar-refractivity contribution in [1.29, 1.82) is 0 Å². The molecule has 16 heavy (non-hydrogen) atoms. The minimum atomic E-state index is -0.271. The molecule has 4 heteroatoms. The first-order valence-electron chi connectivity index (χ1n) is 6.17. The number of hydrogen-bond acceptors (Lipinski definition) is 3. The van der Waals surface area contributed by atoms with E-state index in [0.29, 0.717) is 13.2 Å². The second kappa shape index (κ2) is 6.21. The number of piperidine rings is 1. The SMILES string of the molecule is CCOC(C)(C)CNC(=O)[C@@H]1CCCNC1. The number of rotatable bonds is 5. The summed E-state index contributed by atoms with van der Waals surface area (Å²) in [5.41, 5.74) is -0.271. The van der Waals surface area contributed by atoms with Gasteiger partial charge >= 0.3 is 0 Å². The van der Waals surface area contributed by atoms with Gasteiger partial charge in [-0.25, -0.2) is 0 Å². The van der Waals surface area contributed by atoms with Crippen LogP contribution in [0.1, 0.15) is 33.6 Å². The van der Waals surface area contributed by atoms with E-state index in [9.17, 15) is 4.79 Å². The van der Waals surface area contributed by atoms with Gasteiger partial charge in [0, 0.05) is 19.7 Å². The maximum Gasteiger partial charge on any atom is 0.224 e. The zero-order valence-electron chi connectivity index (χ0n) is 10.6. The van der Waals surface area contributed by atoms with Gasteiger partial charge in [-0.05, 0) is 40.2 Å². The molecule has 1 heterocycles. The smallest absolute Gasteiger partial charge is 0.224 e. The molecule has 0 radical (unpaired) electrons. The zero-order valence-corrected chi connectivity index (χ0v) is 10.6. The highest BCUT2D eigenvalue weighted by atomic mass is 16.5. The summed E-state index contributed by atoms with van der Waals surface area (Å²) >= 11 is 0. The molecule has 1 fully saturated rings. The highest BCUT2D eigenvalue weighted by molar-refractivity contribution is 5.79. The molecule has 0 aromatic carbocycles. The van der Waals surface area contributed by atoms with Crippen LogP contribution in [0.25, 0.3) is 0 Å². The molecule has 0 aromatic rings. The maximum absolute atomic E-state index is 11.8. The lowest BCUT2D eigenvalue weighted by molar-refractivity contribution is -0.127. The fraction of sp³-hybridized carbons (Fsp3) is 0.917. The first-order valence-corrected chi connectivity index (χ1v) is 6.17. The molecule has 1 aliphatic rings. The molecule has 1 aliphatic heterocycles. The van der Waals surface area contributed by atoms with Crippen molar-refractivity contribution >= 4 is 5.91 Å². The molecule has 1 atom stereocenters. The van der Waals surface area contributed by atoms with E-state index < -0.39 is 0 Å². The van der Waals surface area contributed by atoms with E-state index in [1.165, 1.54) is 0 Å². The van der Waals surface area contributed by atoms with Crippen LogP contribution in [0.5, 0.6) is 0 Å². The first kappa shape index (κ1) is 13.5. The Bertz CT molecular complexity index is 223. The van der Waals surface area contributed by atoms with Crippen LogP contribution in [-0.4, -0.2) is 37.7 Å². The Morgan fingerprint density at radius 2 is 2.31 bits per heavy atom. The van der Waals surface area contributed by atoms with Gasteiger partial charge in [-0.15, -0.1) is 0 Å². The van der Waals surface area contributed by atoms with Crippen molar-refractivity contribution in [3.05, 3.63) is 0 Å². The second-order valence-electron chi connectivity index (χ2n) is 4.95. The first-order chi connectivity index (χ1) is 7.55. The molecule has 94 valence electrons. The molecule has 0 spiro atoms. The minimum Gasteiger partial charge on any atom is -0.374 e. The van der Waals surface area contributed by atoms with Crippen LogP contribution >= 0.6 is 0 Å². The van der Waals surface area contributed by atoms with Gasteiger partial charge in [0.05, 0.1) is 11.5 Å². The van der Waals surface area contributed by atoms with Crippen molar-refractivity contribution in [3.8, 4) is 0 Å². The Morgan fingerprint density at radius 3 is 2.88 bits per heavy atom. The summed E-state index contributed by atoms with van der Waals surface area (Å²) in [7, 11) is 0. The minimum absolute atomic E-state index is 0.131. The number of carbonyl (C=O) groups excluding carboxylic acids is 1. The van der Waals surface area contributed by atoms with Crippen LogP contribution in [0, 0.1) is 5.92 Å². The molecule has 0 unspecified atom stereocenters. The van der Waals surface area contributed by atoms with Gasteiger partial charge < -0.3 is 15.4 Å². The fourth-order valence-corrected chi connectivity index (χ4v) is 1.96. The van der Waals surface area contributed by atoms with Gasteiger partial charge in [0.2, 0.25) is 5.91 Å². The number of carbonyl (C=O) groups is 1. The third kappa shape index (κ3) is 4.49. The topological polar surface area (TPSA) is 50.4 Å². The van der Waals surface area contributed by atoms with E-state index in [1.807, 2.05) is 20.8 Å². The fourth-order valence-electron chi connectivity index (χ4n) is 1.96. The molecule has 0 aromatic heterocycles.